The molecule has 6 rings (SSSR count). The van der Waals surface area contributed by atoms with Gasteiger partial charge in [0.05, 0.1) is 0 Å². The molecule has 0 bridgehead atoms. The number of hydrogen-bond acceptors (Lipinski definition) is 8. The smallest absolute Gasteiger partial charge is 0.279 e. The van der Waals surface area contributed by atoms with Crippen molar-refractivity contribution in [2.45, 2.75) is 37.6 Å². The molecular formula is C23H29N7O. The Balaban J connectivity index is 1.24. The van der Waals surface area contributed by atoms with Crippen molar-refractivity contribution in [2.75, 3.05) is 51.2 Å². The highest BCUT2D eigenvalue weighted by Gasteiger charge is 2.31. The van der Waals surface area contributed by atoms with E-state index in [1.807, 2.05) is 6.07 Å². The summed E-state index contributed by atoms with van der Waals surface area (Å²) in [6.45, 7) is 6.55. The van der Waals surface area contributed by atoms with Gasteiger partial charge >= 0.3 is 0 Å². The van der Waals surface area contributed by atoms with Crippen molar-refractivity contribution in [2.24, 2.45) is 0 Å². The molecule has 3 aliphatic rings. The van der Waals surface area contributed by atoms with Crippen molar-refractivity contribution >= 4 is 16.6 Å². The molecule has 8 nitrogen and oxygen atoms in total. The van der Waals surface area contributed by atoms with E-state index in [4.69, 9.17) is 4.52 Å². The topological polar surface area (TPSA) is 74.4 Å². The first kappa shape index (κ1) is 19.1. The van der Waals surface area contributed by atoms with Gasteiger partial charge in [-0.3, -0.25) is 4.90 Å². The Morgan fingerprint density at radius 2 is 1.61 bits per heavy atom. The maximum absolute atomic E-state index is 5.55. The average Bonchev–Trinajstić information content (AvgIpc) is 3.56. The first-order chi connectivity index (χ1) is 15.3. The van der Waals surface area contributed by atoms with Gasteiger partial charge in [-0.2, -0.15) is 4.98 Å². The first-order valence-electron chi connectivity index (χ1n) is 11.5. The van der Waals surface area contributed by atoms with Gasteiger partial charge in [0.15, 0.2) is 17.3 Å². The van der Waals surface area contributed by atoms with Crippen LogP contribution >= 0.6 is 0 Å². The predicted octanol–water partition coefficient (Wildman–Crippen LogP) is 2.77. The molecule has 1 aromatic carbocycles. The van der Waals surface area contributed by atoms with Gasteiger partial charge in [-0.1, -0.05) is 29.4 Å². The number of rotatable bonds is 4. The van der Waals surface area contributed by atoms with E-state index in [0.29, 0.717) is 17.5 Å². The van der Waals surface area contributed by atoms with Gasteiger partial charge in [0.25, 0.3) is 5.89 Å². The molecule has 2 aliphatic heterocycles. The molecule has 31 heavy (non-hydrogen) atoms. The second-order valence-corrected chi connectivity index (χ2v) is 9.21. The second-order valence-electron chi connectivity index (χ2n) is 9.21. The van der Waals surface area contributed by atoms with Crippen LogP contribution < -0.4 is 4.90 Å². The summed E-state index contributed by atoms with van der Waals surface area (Å²) in [5, 5.41) is 15.5. The third kappa shape index (κ3) is 3.68. The summed E-state index contributed by atoms with van der Waals surface area (Å²) in [7, 11) is 2.22. The molecule has 4 heterocycles. The van der Waals surface area contributed by atoms with Crippen molar-refractivity contribution in [3.63, 3.8) is 0 Å². The molecular weight excluding hydrogens is 390 g/mol. The Morgan fingerprint density at radius 3 is 2.35 bits per heavy atom. The molecule has 3 aromatic rings. The molecule has 0 N–H and O–H groups in total. The van der Waals surface area contributed by atoms with E-state index < -0.39 is 0 Å². The van der Waals surface area contributed by atoms with Gasteiger partial charge < -0.3 is 14.3 Å². The lowest BCUT2D eigenvalue weighted by atomic mass is 10.0. The van der Waals surface area contributed by atoms with E-state index in [2.05, 4.69) is 60.3 Å². The van der Waals surface area contributed by atoms with Crippen LogP contribution in [0.1, 0.15) is 37.4 Å². The summed E-state index contributed by atoms with van der Waals surface area (Å²) in [5.74, 6) is 2.69. The highest BCUT2D eigenvalue weighted by molar-refractivity contribution is 5.99. The van der Waals surface area contributed by atoms with Crippen LogP contribution in [-0.4, -0.2) is 82.5 Å². The normalized spacial score (nSPS) is 21.8. The van der Waals surface area contributed by atoms with Crippen LogP contribution in [0.25, 0.3) is 22.4 Å². The van der Waals surface area contributed by atoms with Gasteiger partial charge in [-0.25, -0.2) is 0 Å². The number of piperidine rings is 1. The number of hydrogen-bond donors (Lipinski definition) is 0. The van der Waals surface area contributed by atoms with E-state index in [0.717, 1.165) is 67.5 Å². The van der Waals surface area contributed by atoms with Gasteiger partial charge in [-0.15, -0.1) is 10.2 Å². The van der Waals surface area contributed by atoms with Crippen LogP contribution in [-0.2, 0) is 0 Å². The Bertz CT molecular complexity index is 1060. The molecule has 3 fully saturated rings. The van der Waals surface area contributed by atoms with Gasteiger partial charge in [0.1, 0.15) is 0 Å². The molecule has 2 aromatic heterocycles. The number of fused-ring (bicyclic) bond motifs is 1. The molecule has 0 radical (unpaired) electrons. The lowest BCUT2D eigenvalue weighted by Gasteiger charge is -2.42. The predicted molar refractivity (Wildman–Crippen MR) is 119 cm³/mol. The number of aromatic nitrogens is 4. The number of piperazine rings is 1. The molecule has 1 aliphatic carbocycles. The van der Waals surface area contributed by atoms with Crippen molar-refractivity contribution < 1.29 is 4.52 Å². The number of benzene rings is 1. The molecule has 8 heteroatoms. The maximum atomic E-state index is 5.55. The molecule has 0 atom stereocenters. The highest BCUT2D eigenvalue weighted by Crippen LogP contribution is 2.39. The van der Waals surface area contributed by atoms with Crippen LogP contribution in [0.3, 0.4) is 0 Å². The van der Waals surface area contributed by atoms with Crippen LogP contribution in [0, 0.1) is 0 Å². The Labute approximate surface area is 182 Å². The fourth-order valence-electron chi connectivity index (χ4n) is 4.98. The van der Waals surface area contributed by atoms with Crippen molar-refractivity contribution in [1.29, 1.82) is 0 Å². The van der Waals surface area contributed by atoms with Crippen LogP contribution in [0.5, 0.6) is 0 Å². The number of likely N-dealkylation sites (tertiary alicyclic amines) is 1. The van der Waals surface area contributed by atoms with Crippen LogP contribution in [0.15, 0.2) is 28.8 Å². The summed E-state index contributed by atoms with van der Waals surface area (Å²) in [6, 6.07) is 9.04. The van der Waals surface area contributed by atoms with Gasteiger partial charge in [0.2, 0.25) is 0 Å². The SMILES string of the molecule is CN1CCC(N2CCN(c3nnc(-c4nc(C5CC5)no4)c4ccccc34)CC2)CC1. The molecule has 0 amide bonds. The van der Waals surface area contributed by atoms with Gasteiger partial charge in [-0.05, 0) is 45.8 Å². The molecule has 0 unspecified atom stereocenters. The van der Waals surface area contributed by atoms with E-state index in [-0.39, 0.29) is 0 Å². The summed E-state index contributed by atoms with van der Waals surface area (Å²) in [6.07, 6.45) is 4.85. The standard InChI is InChI=1S/C23H29N7O/c1-28-10-8-17(9-11-28)29-12-14-30(15-13-29)22-19-5-3-2-4-18(19)20(25-26-22)23-24-21(27-31-23)16-6-7-16/h2-5,16-17H,6-15H2,1H3. The lowest BCUT2D eigenvalue weighted by molar-refractivity contribution is 0.115. The zero-order valence-corrected chi connectivity index (χ0v) is 18.1. The monoisotopic (exact) mass is 419 g/mol. The molecule has 2 saturated heterocycles. The molecule has 0 spiro atoms. The van der Waals surface area contributed by atoms with Crippen molar-refractivity contribution in [3.8, 4) is 11.6 Å². The first-order valence-corrected chi connectivity index (χ1v) is 11.5. The van der Waals surface area contributed by atoms with Crippen molar-refractivity contribution in [3.05, 3.63) is 30.1 Å². The second kappa shape index (κ2) is 7.84. The van der Waals surface area contributed by atoms with E-state index in [1.165, 1.54) is 25.9 Å². The largest absolute Gasteiger partial charge is 0.352 e. The quantitative estimate of drug-likeness (QED) is 0.639. The summed E-state index contributed by atoms with van der Waals surface area (Å²) in [5.41, 5.74) is 0.684. The van der Waals surface area contributed by atoms with E-state index >= 15 is 0 Å². The Morgan fingerprint density at radius 1 is 0.871 bits per heavy atom. The average molecular weight is 420 g/mol. The van der Waals surface area contributed by atoms with E-state index in [9.17, 15) is 0 Å². The Hall–Kier alpha value is -2.58. The molecule has 162 valence electrons. The third-order valence-electron chi connectivity index (χ3n) is 7.07. The fraction of sp³-hybridized carbons (Fsp3) is 0.565. The summed E-state index contributed by atoms with van der Waals surface area (Å²) >= 11 is 0. The lowest BCUT2D eigenvalue weighted by Crippen LogP contribution is -2.53. The number of anilines is 1. The van der Waals surface area contributed by atoms with Crippen molar-refractivity contribution in [1.82, 2.24) is 30.1 Å². The summed E-state index contributed by atoms with van der Waals surface area (Å²) < 4.78 is 5.55. The highest BCUT2D eigenvalue weighted by atomic mass is 16.5. The third-order valence-corrected chi connectivity index (χ3v) is 7.07. The minimum atomic E-state index is 0.455. The maximum Gasteiger partial charge on any atom is 0.279 e. The zero-order chi connectivity index (χ0) is 20.8. The van der Waals surface area contributed by atoms with Gasteiger partial charge in [0, 0.05) is 48.9 Å². The van der Waals surface area contributed by atoms with Crippen LogP contribution in [0.2, 0.25) is 0 Å². The minimum absolute atomic E-state index is 0.455. The molecule has 1 saturated carbocycles. The fourth-order valence-corrected chi connectivity index (χ4v) is 4.98. The number of nitrogens with zero attached hydrogens (tertiary/aromatic N) is 7. The Kier molecular flexibility index (Phi) is 4.84. The zero-order valence-electron chi connectivity index (χ0n) is 18.1. The summed E-state index contributed by atoms with van der Waals surface area (Å²) in [4.78, 5) is 12.1. The van der Waals surface area contributed by atoms with E-state index in [1.54, 1.807) is 0 Å². The van der Waals surface area contributed by atoms with Crippen LogP contribution in [0.4, 0.5) is 5.82 Å². The minimum Gasteiger partial charge on any atom is -0.352 e.